The number of hydrogen-bond acceptors (Lipinski definition) is 1. The average molecular weight is 239 g/mol. The molecular weight excluding hydrogens is 220 g/mol. The molecule has 0 saturated heterocycles. The lowest BCUT2D eigenvalue weighted by molar-refractivity contribution is 0.502. The first-order valence-electron chi connectivity index (χ1n) is 6.31. The zero-order valence-corrected chi connectivity index (χ0v) is 10.4. The monoisotopic (exact) mass is 239 g/mol. The van der Waals surface area contributed by atoms with Gasteiger partial charge in [0.2, 0.25) is 0 Å². The first-order valence-corrected chi connectivity index (χ1v) is 6.31. The van der Waals surface area contributed by atoms with E-state index in [1.165, 1.54) is 12.1 Å². The summed E-state index contributed by atoms with van der Waals surface area (Å²) in [6.07, 6.45) is 2.71. The summed E-state index contributed by atoms with van der Waals surface area (Å²) in [5.41, 5.74) is 0.832. The summed E-state index contributed by atoms with van der Waals surface area (Å²) < 4.78 is 27.7. The summed E-state index contributed by atoms with van der Waals surface area (Å²) in [5, 5.41) is 3.35. The Morgan fingerprint density at radius 2 is 2.06 bits per heavy atom. The second-order valence-electron chi connectivity index (χ2n) is 4.86. The van der Waals surface area contributed by atoms with Crippen molar-refractivity contribution in [2.45, 2.75) is 45.1 Å². The van der Waals surface area contributed by atoms with Gasteiger partial charge < -0.3 is 5.32 Å². The summed E-state index contributed by atoms with van der Waals surface area (Å²) in [5.74, 6) is -0.721. The van der Waals surface area contributed by atoms with E-state index in [-0.39, 0.29) is 11.7 Å². The lowest BCUT2D eigenvalue weighted by atomic mass is 9.94. The fraction of sp³-hybridized carbons (Fsp3) is 0.571. The molecule has 94 valence electrons. The minimum Gasteiger partial charge on any atom is -0.314 e. The SMILES string of the molecule is CCNC1CCC(c2c(F)ccc(C)c2F)C1. The highest BCUT2D eigenvalue weighted by Gasteiger charge is 2.29. The Balaban J connectivity index is 2.21. The molecule has 0 spiro atoms. The van der Waals surface area contributed by atoms with Crippen molar-refractivity contribution in [2.24, 2.45) is 0 Å². The van der Waals surface area contributed by atoms with Gasteiger partial charge in [-0.3, -0.25) is 0 Å². The van der Waals surface area contributed by atoms with Crippen molar-refractivity contribution in [3.05, 3.63) is 34.9 Å². The third kappa shape index (κ3) is 2.49. The van der Waals surface area contributed by atoms with Crippen LogP contribution < -0.4 is 5.32 Å². The zero-order chi connectivity index (χ0) is 12.4. The van der Waals surface area contributed by atoms with E-state index in [4.69, 9.17) is 0 Å². The lowest BCUT2D eigenvalue weighted by Crippen LogP contribution is -2.25. The molecule has 3 heteroatoms. The molecule has 0 aliphatic heterocycles. The van der Waals surface area contributed by atoms with Gasteiger partial charge in [0.05, 0.1) is 0 Å². The van der Waals surface area contributed by atoms with Crippen LogP contribution in [0.3, 0.4) is 0 Å². The maximum atomic E-state index is 14.0. The van der Waals surface area contributed by atoms with Crippen LogP contribution in [0.2, 0.25) is 0 Å². The van der Waals surface area contributed by atoms with Crippen LogP contribution in [0, 0.1) is 18.6 Å². The highest BCUT2D eigenvalue weighted by atomic mass is 19.1. The standard InChI is InChI=1S/C14H19F2N/c1-3-17-11-6-5-10(8-11)13-12(15)7-4-9(2)14(13)16/h4,7,10-11,17H,3,5-6,8H2,1-2H3. The minimum atomic E-state index is -0.393. The molecule has 17 heavy (non-hydrogen) atoms. The lowest BCUT2D eigenvalue weighted by Gasteiger charge is -2.15. The van der Waals surface area contributed by atoms with Crippen LogP contribution in [0.25, 0.3) is 0 Å². The van der Waals surface area contributed by atoms with Crippen LogP contribution in [0.4, 0.5) is 8.78 Å². The fourth-order valence-electron chi connectivity index (χ4n) is 2.77. The maximum absolute atomic E-state index is 14.0. The van der Waals surface area contributed by atoms with Crippen molar-refractivity contribution in [1.82, 2.24) is 5.32 Å². The quantitative estimate of drug-likeness (QED) is 0.851. The molecule has 0 heterocycles. The van der Waals surface area contributed by atoms with E-state index in [9.17, 15) is 8.78 Å². The number of halogens is 2. The van der Waals surface area contributed by atoms with Gasteiger partial charge in [-0.25, -0.2) is 8.78 Å². The number of aryl methyl sites for hydroxylation is 1. The van der Waals surface area contributed by atoms with Crippen molar-refractivity contribution < 1.29 is 8.78 Å². The molecule has 1 fully saturated rings. The minimum absolute atomic E-state index is 0.0268. The summed E-state index contributed by atoms with van der Waals surface area (Å²) in [7, 11) is 0. The van der Waals surface area contributed by atoms with E-state index >= 15 is 0 Å². The predicted octanol–water partition coefficient (Wildman–Crippen LogP) is 3.52. The fourth-order valence-corrected chi connectivity index (χ4v) is 2.77. The number of hydrogen-bond donors (Lipinski definition) is 1. The molecule has 1 N–H and O–H groups in total. The van der Waals surface area contributed by atoms with Crippen LogP contribution in [-0.2, 0) is 0 Å². The van der Waals surface area contributed by atoms with E-state index in [1.807, 2.05) is 0 Å². The normalized spacial score (nSPS) is 24.2. The first-order chi connectivity index (χ1) is 8.13. The highest BCUT2D eigenvalue weighted by Crippen LogP contribution is 2.37. The summed E-state index contributed by atoms with van der Waals surface area (Å²) in [6.45, 7) is 4.66. The van der Waals surface area contributed by atoms with Crippen molar-refractivity contribution >= 4 is 0 Å². The van der Waals surface area contributed by atoms with Crippen molar-refractivity contribution in [3.63, 3.8) is 0 Å². The second kappa shape index (κ2) is 5.13. The third-order valence-corrected chi connectivity index (χ3v) is 3.65. The smallest absolute Gasteiger partial charge is 0.132 e. The molecule has 1 saturated carbocycles. The van der Waals surface area contributed by atoms with Gasteiger partial charge in [0.1, 0.15) is 11.6 Å². The molecule has 2 unspecified atom stereocenters. The summed E-state index contributed by atoms with van der Waals surface area (Å²) >= 11 is 0. The van der Waals surface area contributed by atoms with Crippen molar-refractivity contribution in [3.8, 4) is 0 Å². The van der Waals surface area contributed by atoms with Gasteiger partial charge in [-0.05, 0) is 50.3 Å². The molecular formula is C14H19F2N. The number of benzene rings is 1. The Hall–Kier alpha value is -0.960. The number of nitrogens with one attached hydrogen (secondary N) is 1. The van der Waals surface area contributed by atoms with Gasteiger partial charge in [-0.2, -0.15) is 0 Å². The highest BCUT2D eigenvalue weighted by molar-refractivity contribution is 5.30. The topological polar surface area (TPSA) is 12.0 Å². The van der Waals surface area contributed by atoms with Crippen LogP contribution in [0.5, 0.6) is 0 Å². The molecule has 0 amide bonds. The van der Waals surface area contributed by atoms with E-state index in [0.29, 0.717) is 17.2 Å². The van der Waals surface area contributed by atoms with Crippen molar-refractivity contribution in [1.29, 1.82) is 0 Å². The van der Waals surface area contributed by atoms with Gasteiger partial charge in [-0.15, -0.1) is 0 Å². The Kier molecular flexibility index (Phi) is 3.77. The Bertz CT molecular complexity index is 403. The van der Waals surface area contributed by atoms with Crippen molar-refractivity contribution in [2.75, 3.05) is 6.54 Å². The number of rotatable bonds is 3. The maximum Gasteiger partial charge on any atom is 0.132 e. The Morgan fingerprint density at radius 3 is 2.76 bits per heavy atom. The molecule has 2 atom stereocenters. The predicted molar refractivity (Wildman–Crippen MR) is 65.2 cm³/mol. The summed E-state index contributed by atoms with van der Waals surface area (Å²) in [4.78, 5) is 0. The van der Waals surface area contributed by atoms with Gasteiger partial charge in [0, 0.05) is 11.6 Å². The van der Waals surface area contributed by atoms with E-state index in [2.05, 4.69) is 12.2 Å². The second-order valence-corrected chi connectivity index (χ2v) is 4.86. The van der Waals surface area contributed by atoms with E-state index in [1.54, 1.807) is 6.92 Å². The molecule has 1 aliphatic carbocycles. The van der Waals surface area contributed by atoms with Gasteiger partial charge in [0.25, 0.3) is 0 Å². The zero-order valence-electron chi connectivity index (χ0n) is 10.4. The van der Waals surface area contributed by atoms with Crippen LogP contribution in [0.1, 0.15) is 43.2 Å². The third-order valence-electron chi connectivity index (χ3n) is 3.65. The van der Waals surface area contributed by atoms with E-state index < -0.39 is 5.82 Å². The summed E-state index contributed by atoms with van der Waals surface area (Å²) in [6, 6.07) is 3.29. The molecule has 1 aromatic carbocycles. The Labute approximate surface area is 101 Å². The first kappa shape index (κ1) is 12.5. The van der Waals surface area contributed by atoms with Gasteiger partial charge in [0.15, 0.2) is 0 Å². The molecule has 0 aromatic heterocycles. The molecule has 2 rings (SSSR count). The average Bonchev–Trinajstić information content (AvgIpc) is 2.73. The van der Waals surface area contributed by atoms with Crippen LogP contribution >= 0.6 is 0 Å². The van der Waals surface area contributed by atoms with Gasteiger partial charge in [-0.1, -0.05) is 13.0 Å². The Morgan fingerprint density at radius 1 is 1.29 bits per heavy atom. The van der Waals surface area contributed by atoms with E-state index in [0.717, 1.165) is 25.8 Å². The molecule has 0 radical (unpaired) electrons. The van der Waals surface area contributed by atoms with Gasteiger partial charge >= 0.3 is 0 Å². The largest absolute Gasteiger partial charge is 0.314 e. The molecule has 1 aromatic rings. The molecule has 1 aliphatic rings. The molecule has 0 bridgehead atoms. The van der Waals surface area contributed by atoms with Crippen LogP contribution in [0.15, 0.2) is 12.1 Å². The van der Waals surface area contributed by atoms with Crippen LogP contribution in [-0.4, -0.2) is 12.6 Å². The molecule has 1 nitrogen and oxygen atoms in total.